The van der Waals surface area contributed by atoms with Crippen molar-refractivity contribution in [2.75, 3.05) is 7.11 Å². The molecule has 0 saturated heterocycles. The summed E-state index contributed by atoms with van der Waals surface area (Å²) in [6.07, 6.45) is 7.67. The Labute approximate surface area is 161 Å². The van der Waals surface area contributed by atoms with Gasteiger partial charge in [0.05, 0.1) is 25.5 Å². The second-order valence-electron chi connectivity index (χ2n) is 6.56. The lowest BCUT2D eigenvalue weighted by Crippen LogP contribution is -1.95. The van der Waals surface area contributed by atoms with E-state index in [0.29, 0.717) is 5.88 Å². The predicted octanol–water partition coefficient (Wildman–Crippen LogP) is 4.54. The molecule has 0 fully saturated rings. The van der Waals surface area contributed by atoms with Gasteiger partial charge < -0.3 is 13.8 Å². The van der Waals surface area contributed by atoms with E-state index < -0.39 is 0 Å². The molecule has 6 heteroatoms. The molecule has 0 bridgehead atoms. The summed E-state index contributed by atoms with van der Waals surface area (Å²) < 4.78 is 15.0. The standard InChI is InChI=1S/C22H18N4O2/c1-27-18-8-6-16(7-9-18)20-12-22(28-24-20)26-14-17(13-25-11-10-23-15-25)19-4-2-3-5-21(19)26/h2-12,14-15H,13H2,1H3. The fraction of sp³-hybridized carbons (Fsp3) is 0.0909. The number of hydrogen-bond acceptors (Lipinski definition) is 4. The van der Waals surface area contributed by atoms with Crippen LogP contribution in [0.15, 0.2) is 84.0 Å². The SMILES string of the molecule is COc1ccc(-c2cc(-n3cc(Cn4ccnc4)c4ccccc43)on2)cc1. The third kappa shape index (κ3) is 2.85. The third-order valence-electron chi connectivity index (χ3n) is 4.83. The van der Waals surface area contributed by atoms with E-state index >= 15 is 0 Å². The van der Waals surface area contributed by atoms with Crippen LogP contribution in [0.3, 0.4) is 0 Å². The minimum atomic E-state index is 0.680. The van der Waals surface area contributed by atoms with Crippen molar-refractivity contribution < 1.29 is 9.26 Å². The minimum absolute atomic E-state index is 0.680. The summed E-state index contributed by atoms with van der Waals surface area (Å²) in [6, 6.07) is 18.0. The molecule has 0 aliphatic carbocycles. The molecule has 0 amide bonds. The van der Waals surface area contributed by atoms with E-state index in [1.54, 1.807) is 13.3 Å². The number of fused-ring (bicyclic) bond motifs is 1. The van der Waals surface area contributed by atoms with E-state index in [4.69, 9.17) is 9.26 Å². The number of aromatic nitrogens is 4. The van der Waals surface area contributed by atoms with Crippen molar-refractivity contribution in [2.45, 2.75) is 6.54 Å². The van der Waals surface area contributed by atoms with Gasteiger partial charge in [0.2, 0.25) is 5.88 Å². The fourth-order valence-corrected chi connectivity index (χ4v) is 3.41. The highest BCUT2D eigenvalue weighted by Crippen LogP contribution is 2.28. The van der Waals surface area contributed by atoms with Crippen LogP contribution in [0.1, 0.15) is 5.56 Å². The Morgan fingerprint density at radius 1 is 1.07 bits per heavy atom. The van der Waals surface area contributed by atoms with Crippen molar-refractivity contribution in [1.82, 2.24) is 19.3 Å². The number of imidazole rings is 1. The molecule has 0 saturated carbocycles. The van der Waals surface area contributed by atoms with Crippen LogP contribution in [0, 0.1) is 0 Å². The molecular weight excluding hydrogens is 352 g/mol. The first-order valence-electron chi connectivity index (χ1n) is 8.98. The highest BCUT2D eigenvalue weighted by molar-refractivity contribution is 5.85. The van der Waals surface area contributed by atoms with Crippen LogP contribution in [0.5, 0.6) is 5.75 Å². The first-order valence-corrected chi connectivity index (χ1v) is 8.98. The summed E-state index contributed by atoms with van der Waals surface area (Å²) in [5.41, 5.74) is 4.03. The molecular formula is C22H18N4O2. The van der Waals surface area contributed by atoms with Crippen LogP contribution in [0.25, 0.3) is 28.0 Å². The van der Waals surface area contributed by atoms with Gasteiger partial charge in [-0.15, -0.1) is 0 Å². The van der Waals surface area contributed by atoms with Gasteiger partial charge in [0.1, 0.15) is 11.4 Å². The van der Waals surface area contributed by atoms with Crippen LogP contribution >= 0.6 is 0 Å². The lowest BCUT2D eigenvalue weighted by molar-refractivity contribution is 0.410. The highest BCUT2D eigenvalue weighted by Gasteiger charge is 2.14. The van der Waals surface area contributed by atoms with Crippen LogP contribution < -0.4 is 4.74 Å². The number of para-hydroxylation sites is 1. The van der Waals surface area contributed by atoms with Crippen molar-refractivity contribution in [1.29, 1.82) is 0 Å². The maximum atomic E-state index is 5.68. The first-order chi connectivity index (χ1) is 13.8. The number of benzene rings is 2. The summed E-state index contributed by atoms with van der Waals surface area (Å²) in [5, 5.41) is 5.44. The van der Waals surface area contributed by atoms with Crippen LogP contribution in [-0.2, 0) is 6.54 Å². The quantitative estimate of drug-likeness (QED) is 0.456. The summed E-state index contributed by atoms with van der Waals surface area (Å²) in [4.78, 5) is 4.13. The van der Waals surface area contributed by atoms with E-state index in [-0.39, 0.29) is 0 Å². The Bertz CT molecular complexity index is 1220. The molecule has 2 aromatic carbocycles. The van der Waals surface area contributed by atoms with E-state index in [2.05, 4.69) is 33.0 Å². The number of nitrogens with zero attached hydrogens (tertiary/aromatic N) is 4. The Morgan fingerprint density at radius 3 is 2.71 bits per heavy atom. The lowest BCUT2D eigenvalue weighted by Gasteiger charge is -2.00. The summed E-state index contributed by atoms with van der Waals surface area (Å²) in [5.74, 6) is 1.49. The van der Waals surface area contributed by atoms with E-state index in [1.807, 2.05) is 59.6 Å². The molecule has 0 atom stereocenters. The van der Waals surface area contributed by atoms with Gasteiger partial charge in [-0.1, -0.05) is 23.4 Å². The zero-order chi connectivity index (χ0) is 18.9. The second kappa shape index (κ2) is 6.74. The van der Waals surface area contributed by atoms with Crippen LogP contribution in [0.4, 0.5) is 0 Å². The van der Waals surface area contributed by atoms with E-state index in [0.717, 1.165) is 29.1 Å². The van der Waals surface area contributed by atoms with Crippen molar-refractivity contribution >= 4 is 10.9 Å². The number of rotatable bonds is 5. The zero-order valence-corrected chi connectivity index (χ0v) is 15.3. The average molecular weight is 370 g/mol. The lowest BCUT2D eigenvalue weighted by atomic mass is 10.1. The Hall–Kier alpha value is -3.80. The molecule has 0 spiro atoms. The number of ether oxygens (including phenoxy) is 1. The third-order valence-corrected chi connectivity index (χ3v) is 4.83. The molecule has 28 heavy (non-hydrogen) atoms. The van der Waals surface area contributed by atoms with Crippen LogP contribution in [0.2, 0.25) is 0 Å². The van der Waals surface area contributed by atoms with Gasteiger partial charge in [0, 0.05) is 35.6 Å². The summed E-state index contributed by atoms with van der Waals surface area (Å²) in [7, 11) is 1.65. The molecule has 0 unspecified atom stereocenters. The van der Waals surface area contributed by atoms with Gasteiger partial charge in [0.25, 0.3) is 0 Å². The normalized spacial score (nSPS) is 11.2. The zero-order valence-electron chi connectivity index (χ0n) is 15.3. The van der Waals surface area contributed by atoms with Crippen molar-refractivity contribution in [3.8, 4) is 22.9 Å². The van der Waals surface area contributed by atoms with Gasteiger partial charge in [-0.2, -0.15) is 0 Å². The smallest absolute Gasteiger partial charge is 0.236 e. The molecule has 5 rings (SSSR count). The molecule has 5 aromatic rings. The van der Waals surface area contributed by atoms with Gasteiger partial charge >= 0.3 is 0 Å². The maximum Gasteiger partial charge on any atom is 0.236 e. The molecule has 0 radical (unpaired) electrons. The Balaban J connectivity index is 1.55. The predicted molar refractivity (Wildman–Crippen MR) is 107 cm³/mol. The Kier molecular flexibility index (Phi) is 3.94. The van der Waals surface area contributed by atoms with E-state index in [1.165, 1.54) is 10.9 Å². The molecule has 0 N–H and O–H groups in total. The number of hydrogen-bond donors (Lipinski definition) is 0. The largest absolute Gasteiger partial charge is 0.497 e. The number of methoxy groups -OCH3 is 1. The van der Waals surface area contributed by atoms with Gasteiger partial charge in [-0.05, 0) is 35.9 Å². The molecule has 3 aromatic heterocycles. The Morgan fingerprint density at radius 2 is 1.93 bits per heavy atom. The van der Waals surface area contributed by atoms with Crippen molar-refractivity contribution in [3.05, 3.63) is 85.1 Å². The van der Waals surface area contributed by atoms with E-state index in [9.17, 15) is 0 Å². The van der Waals surface area contributed by atoms with Crippen LogP contribution in [-0.4, -0.2) is 26.4 Å². The maximum absolute atomic E-state index is 5.68. The van der Waals surface area contributed by atoms with Crippen molar-refractivity contribution in [3.63, 3.8) is 0 Å². The molecule has 138 valence electrons. The van der Waals surface area contributed by atoms with Gasteiger partial charge in [-0.25, -0.2) is 4.98 Å². The molecule has 3 heterocycles. The second-order valence-corrected chi connectivity index (χ2v) is 6.56. The monoisotopic (exact) mass is 370 g/mol. The highest BCUT2D eigenvalue weighted by atomic mass is 16.5. The van der Waals surface area contributed by atoms with Crippen molar-refractivity contribution in [2.24, 2.45) is 0 Å². The molecule has 0 aliphatic rings. The first kappa shape index (κ1) is 16.4. The topological polar surface area (TPSA) is 58.0 Å². The summed E-state index contributed by atoms with van der Waals surface area (Å²) >= 11 is 0. The van der Waals surface area contributed by atoms with Gasteiger partial charge in [0.15, 0.2) is 0 Å². The molecule has 6 nitrogen and oxygen atoms in total. The fourth-order valence-electron chi connectivity index (χ4n) is 3.41. The minimum Gasteiger partial charge on any atom is -0.497 e. The van der Waals surface area contributed by atoms with Gasteiger partial charge in [-0.3, -0.25) is 4.57 Å². The average Bonchev–Trinajstić information content (AvgIpc) is 3.49. The summed E-state index contributed by atoms with van der Waals surface area (Å²) in [6.45, 7) is 0.743. The molecule has 0 aliphatic heterocycles.